The number of carbonyl (C=O) groups excluding carboxylic acids is 1. The van der Waals surface area contributed by atoms with Crippen LogP contribution >= 0.6 is 0 Å². The molecule has 0 aromatic heterocycles. The molecular weight excluding hydrogens is 266 g/mol. The average molecular weight is 287 g/mol. The third kappa shape index (κ3) is 5.06. The predicted molar refractivity (Wildman–Crippen MR) is 81.8 cm³/mol. The maximum absolute atomic E-state index is 12.1. The van der Waals surface area contributed by atoms with Crippen LogP contribution in [-0.4, -0.2) is 35.0 Å². The van der Waals surface area contributed by atoms with Crippen molar-refractivity contribution in [2.24, 2.45) is 5.92 Å². The third-order valence-electron chi connectivity index (χ3n) is 3.62. The van der Waals surface area contributed by atoms with E-state index in [0.717, 1.165) is 24.8 Å². The lowest BCUT2D eigenvalue weighted by Crippen LogP contribution is -2.36. The van der Waals surface area contributed by atoms with Crippen LogP contribution in [0.1, 0.15) is 30.9 Å². The van der Waals surface area contributed by atoms with E-state index in [1.54, 1.807) is 6.08 Å². The van der Waals surface area contributed by atoms with Gasteiger partial charge in [-0.3, -0.25) is 9.59 Å². The Morgan fingerprint density at radius 2 is 1.95 bits per heavy atom. The first kappa shape index (κ1) is 15.3. The molecule has 4 nitrogen and oxygen atoms in total. The summed E-state index contributed by atoms with van der Waals surface area (Å²) in [5.41, 5.74) is 2.20. The number of benzene rings is 1. The zero-order valence-electron chi connectivity index (χ0n) is 12.3. The van der Waals surface area contributed by atoms with Crippen LogP contribution < -0.4 is 0 Å². The lowest BCUT2D eigenvalue weighted by Gasteiger charge is -2.18. The molecule has 0 saturated heterocycles. The minimum Gasteiger partial charge on any atom is -0.480 e. The summed E-state index contributed by atoms with van der Waals surface area (Å²) in [6, 6.07) is 7.99. The van der Waals surface area contributed by atoms with Crippen molar-refractivity contribution in [2.45, 2.75) is 26.2 Å². The van der Waals surface area contributed by atoms with Crippen LogP contribution in [0.5, 0.6) is 0 Å². The molecule has 0 atom stereocenters. The maximum atomic E-state index is 12.1. The number of aryl methyl sites for hydroxylation is 1. The van der Waals surface area contributed by atoms with E-state index in [1.807, 2.05) is 24.3 Å². The van der Waals surface area contributed by atoms with Gasteiger partial charge in [-0.25, -0.2) is 0 Å². The van der Waals surface area contributed by atoms with Gasteiger partial charge in [0.1, 0.15) is 6.54 Å². The summed E-state index contributed by atoms with van der Waals surface area (Å²) in [6.07, 6.45) is 6.36. The summed E-state index contributed by atoms with van der Waals surface area (Å²) >= 11 is 0. The van der Waals surface area contributed by atoms with Gasteiger partial charge in [0.2, 0.25) is 5.91 Å². The number of hydrogen-bond acceptors (Lipinski definition) is 2. The van der Waals surface area contributed by atoms with Gasteiger partial charge in [-0.15, -0.1) is 0 Å². The Morgan fingerprint density at radius 3 is 2.48 bits per heavy atom. The number of carboxylic acid groups (broad SMARTS) is 1. The van der Waals surface area contributed by atoms with Crippen LogP contribution in [0, 0.1) is 5.92 Å². The minimum absolute atomic E-state index is 0.228. The fraction of sp³-hybridized carbons (Fsp3) is 0.412. The first-order valence-corrected chi connectivity index (χ1v) is 7.36. The zero-order valence-corrected chi connectivity index (χ0v) is 12.3. The van der Waals surface area contributed by atoms with Crippen LogP contribution in [0.15, 0.2) is 30.3 Å². The summed E-state index contributed by atoms with van der Waals surface area (Å²) in [5.74, 6) is -0.723. The van der Waals surface area contributed by atoms with Gasteiger partial charge in [0, 0.05) is 12.6 Å². The highest BCUT2D eigenvalue weighted by Gasteiger charge is 2.26. The monoisotopic (exact) mass is 287 g/mol. The average Bonchev–Trinajstić information content (AvgIpc) is 3.28. The largest absolute Gasteiger partial charge is 0.480 e. The van der Waals surface area contributed by atoms with Crippen molar-refractivity contribution in [2.75, 3.05) is 13.1 Å². The van der Waals surface area contributed by atoms with Gasteiger partial charge in [0.15, 0.2) is 0 Å². The molecule has 2 rings (SSSR count). The molecule has 0 unspecified atom stereocenters. The Hall–Kier alpha value is -2.10. The van der Waals surface area contributed by atoms with E-state index in [1.165, 1.54) is 16.5 Å². The highest BCUT2D eigenvalue weighted by molar-refractivity contribution is 5.93. The second kappa shape index (κ2) is 7.07. The predicted octanol–water partition coefficient (Wildman–Crippen LogP) is 2.59. The highest BCUT2D eigenvalue weighted by Crippen LogP contribution is 2.29. The number of amides is 1. The van der Waals surface area contributed by atoms with Crippen molar-refractivity contribution >= 4 is 18.0 Å². The van der Waals surface area contributed by atoms with Gasteiger partial charge in [-0.1, -0.05) is 31.2 Å². The van der Waals surface area contributed by atoms with Gasteiger partial charge in [-0.05, 0) is 42.4 Å². The number of rotatable bonds is 7. The zero-order chi connectivity index (χ0) is 15.2. The molecule has 1 aromatic rings. The van der Waals surface area contributed by atoms with Crippen molar-refractivity contribution in [1.29, 1.82) is 0 Å². The molecule has 0 bridgehead atoms. The number of aliphatic carboxylic acids is 1. The van der Waals surface area contributed by atoms with Crippen LogP contribution in [0.2, 0.25) is 0 Å². The number of hydrogen-bond donors (Lipinski definition) is 1. The molecule has 1 aliphatic rings. The van der Waals surface area contributed by atoms with E-state index >= 15 is 0 Å². The first-order chi connectivity index (χ1) is 10.1. The summed E-state index contributed by atoms with van der Waals surface area (Å²) in [4.78, 5) is 24.4. The Balaban J connectivity index is 1.98. The molecule has 1 fully saturated rings. The SMILES string of the molecule is CCc1ccc(/C=C/C(=O)N(CC(=O)O)CC2CC2)cc1. The summed E-state index contributed by atoms with van der Waals surface area (Å²) < 4.78 is 0. The molecule has 1 aromatic carbocycles. The molecule has 112 valence electrons. The van der Waals surface area contributed by atoms with Crippen LogP contribution in [0.3, 0.4) is 0 Å². The second-order valence-corrected chi connectivity index (χ2v) is 5.48. The van der Waals surface area contributed by atoms with Crippen LogP contribution in [0.4, 0.5) is 0 Å². The minimum atomic E-state index is -0.968. The van der Waals surface area contributed by atoms with Gasteiger partial charge in [0.25, 0.3) is 0 Å². The maximum Gasteiger partial charge on any atom is 0.323 e. The molecule has 1 aliphatic carbocycles. The van der Waals surface area contributed by atoms with Crippen molar-refractivity contribution < 1.29 is 14.7 Å². The van der Waals surface area contributed by atoms with E-state index < -0.39 is 5.97 Å². The van der Waals surface area contributed by atoms with E-state index in [-0.39, 0.29) is 12.5 Å². The first-order valence-electron chi connectivity index (χ1n) is 7.36. The normalized spacial score (nSPS) is 14.3. The topological polar surface area (TPSA) is 57.6 Å². The Bertz CT molecular complexity index is 529. The second-order valence-electron chi connectivity index (χ2n) is 5.48. The third-order valence-corrected chi connectivity index (χ3v) is 3.62. The van der Waals surface area contributed by atoms with Gasteiger partial charge in [0.05, 0.1) is 0 Å². The molecule has 0 radical (unpaired) electrons. The molecule has 0 heterocycles. The van der Waals surface area contributed by atoms with Crippen molar-refractivity contribution in [3.8, 4) is 0 Å². The van der Waals surface area contributed by atoms with Gasteiger partial charge in [-0.2, -0.15) is 0 Å². The Labute approximate surface area is 125 Å². The van der Waals surface area contributed by atoms with Crippen molar-refractivity contribution in [3.05, 3.63) is 41.5 Å². The fourth-order valence-electron chi connectivity index (χ4n) is 2.15. The molecule has 21 heavy (non-hydrogen) atoms. The smallest absolute Gasteiger partial charge is 0.323 e. The van der Waals surface area contributed by atoms with E-state index in [2.05, 4.69) is 6.92 Å². The van der Waals surface area contributed by atoms with Crippen LogP contribution in [0.25, 0.3) is 6.08 Å². The highest BCUT2D eigenvalue weighted by atomic mass is 16.4. The fourth-order valence-corrected chi connectivity index (χ4v) is 2.15. The standard InChI is InChI=1S/C17H21NO3/c1-2-13-3-5-14(6-4-13)9-10-16(19)18(12-17(20)21)11-15-7-8-15/h3-6,9-10,15H,2,7-8,11-12H2,1H3,(H,20,21)/b10-9+. The van der Waals surface area contributed by atoms with Gasteiger partial charge >= 0.3 is 5.97 Å². The molecule has 0 aliphatic heterocycles. The van der Waals surface area contributed by atoms with E-state index in [9.17, 15) is 9.59 Å². The summed E-state index contributed by atoms with van der Waals surface area (Å²) in [7, 11) is 0. The van der Waals surface area contributed by atoms with Gasteiger partial charge < -0.3 is 10.0 Å². The van der Waals surface area contributed by atoms with Crippen LogP contribution in [-0.2, 0) is 16.0 Å². The molecule has 1 N–H and O–H groups in total. The summed E-state index contributed by atoms with van der Waals surface area (Å²) in [6.45, 7) is 2.41. The summed E-state index contributed by atoms with van der Waals surface area (Å²) in [5, 5.41) is 8.89. The molecule has 4 heteroatoms. The Kier molecular flexibility index (Phi) is 5.14. The quantitative estimate of drug-likeness (QED) is 0.784. The lowest BCUT2D eigenvalue weighted by molar-refractivity contribution is -0.142. The number of carboxylic acids is 1. The van der Waals surface area contributed by atoms with Crippen molar-refractivity contribution in [1.82, 2.24) is 4.90 Å². The van der Waals surface area contributed by atoms with Crippen molar-refractivity contribution in [3.63, 3.8) is 0 Å². The van der Waals surface area contributed by atoms with E-state index in [0.29, 0.717) is 12.5 Å². The number of carbonyl (C=O) groups is 2. The molecule has 0 spiro atoms. The Morgan fingerprint density at radius 1 is 1.29 bits per heavy atom. The van der Waals surface area contributed by atoms with E-state index in [4.69, 9.17) is 5.11 Å². The lowest BCUT2D eigenvalue weighted by atomic mass is 10.1. The molecular formula is C17H21NO3. The number of nitrogens with zero attached hydrogens (tertiary/aromatic N) is 1. The molecule has 1 amide bonds. The molecule has 1 saturated carbocycles.